The molecule has 0 saturated carbocycles. The van der Waals surface area contributed by atoms with Crippen molar-refractivity contribution in [2.75, 3.05) is 13.6 Å². The molecule has 1 heterocycles. The molecule has 0 saturated heterocycles. The van der Waals surface area contributed by atoms with Crippen molar-refractivity contribution < 1.29 is 17.9 Å². The Hall–Kier alpha value is -2.71. The Bertz CT molecular complexity index is 795. The lowest BCUT2D eigenvalue weighted by molar-refractivity contribution is -0.138. The zero-order valence-corrected chi connectivity index (χ0v) is 17.2. The lowest BCUT2D eigenvalue weighted by atomic mass is 10.1. The first kappa shape index (κ1) is 22.6. The number of ether oxygens (including phenoxy) is 1. The van der Waals surface area contributed by atoms with Crippen LogP contribution in [0.1, 0.15) is 38.3 Å². The molecule has 0 spiro atoms. The normalized spacial score (nSPS) is 12.7. The van der Waals surface area contributed by atoms with Crippen LogP contribution < -0.4 is 15.4 Å². The summed E-state index contributed by atoms with van der Waals surface area (Å²) >= 11 is 0. The van der Waals surface area contributed by atoms with Crippen molar-refractivity contribution in [3.05, 3.63) is 47.8 Å². The molecule has 0 amide bonds. The van der Waals surface area contributed by atoms with Crippen LogP contribution in [-0.2, 0) is 19.3 Å². The zero-order chi connectivity index (χ0) is 21.5. The number of benzene rings is 1. The van der Waals surface area contributed by atoms with E-state index in [0.717, 1.165) is 19.0 Å². The van der Waals surface area contributed by atoms with E-state index in [0.29, 0.717) is 12.5 Å². The van der Waals surface area contributed by atoms with Crippen LogP contribution in [0, 0.1) is 0 Å². The van der Waals surface area contributed by atoms with Crippen LogP contribution in [0.5, 0.6) is 5.75 Å². The van der Waals surface area contributed by atoms with Crippen LogP contribution in [0.3, 0.4) is 0 Å². The van der Waals surface area contributed by atoms with Gasteiger partial charge in [-0.1, -0.05) is 6.07 Å². The molecular weight excluding hydrogens is 383 g/mol. The van der Waals surface area contributed by atoms with Gasteiger partial charge in [-0.15, -0.1) is 0 Å². The maximum absolute atomic E-state index is 13.5. The molecule has 0 bridgehead atoms. The van der Waals surface area contributed by atoms with Crippen molar-refractivity contribution in [1.82, 2.24) is 20.4 Å². The lowest BCUT2D eigenvalue weighted by Crippen LogP contribution is -2.38. The van der Waals surface area contributed by atoms with Gasteiger partial charge in [0.25, 0.3) is 0 Å². The first-order valence-electron chi connectivity index (χ1n) is 9.39. The van der Waals surface area contributed by atoms with E-state index in [1.807, 2.05) is 16.9 Å². The molecule has 29 heavy (non-hydrogen) atoms. The molecule has 0 atom stereocenters. The SMILES string of the molecule is CN=C(NCCCn1cccn1)NCc1ccc(OC(C)(C)C)cc1C(F)(F)F. The second-order valence-corrected chi connectivity index (χ2v) is 7.51. The Balaban J connectivity index is 1.96. The predicted molar refractivity (Wildman–Crippen MR) is 107 cm³/mol. The quantitative estimate of drug-likeness (QED) is 0.413. The number of aliphatic imine (C=N–C) groups is 1. The minimum Gasteiger partial charge on any atom is -0.488 e. The number of nitrogens with zero attached hydrogens (tertiary/aromatic N) is 3. The number of nitrogens with one attached hydrogen (secondary N) is 2. The van der Waals surface area contributed by atoms with Gasteiger partial charge >= 0.3 is 6.18 Å². The van der Waals surface area contributed by atoms with Gasteiger partial charge in [0.1, 0.15) is 11.4 Å². The standard InChI is InChI=1S/C20H28F3N5O/c1-19(2,3)29-16-8-7-15(17(13-16)20(21,22)23)14-26-18(24-4)25-9-5-11-28-12-6-10-27-28/h6-8,10,12-13H,5,9,11,14H2,1-4H3,(H2,24,25,26). The van der Waals surface area contributed by atoms with E-state index in [2.05, 4.69) is 20.7 Å². The molecule has 9 heteroatoms. The molecule has 0 aliphatic carbocycles. The van der Waals surface area contributed by atoms with Crippen molar-refractivity contribution in [1.29, 1.82) is 0 Å². The molecular formula is C20H28F3N5O. The number of aromatic nitrogens is 2. The number of aryl methyl sites for hydroxylation is 1. The van der Waals surface area contributed by atoms with E-state index < -0.39 is 17.3 Å². The Labute approximate surface area is 169 Å². The van der Waals surface area contributed by atoms with Crippen molar-refractivity contribution >= 4 is 5.96 Å². The van der Waals surface area contributed by atoms with Crippen LogP contribution in [0.15, 0.2) is 41.7 Å². The van der Waals surface area contributed by atoms with Gasteiger partial charge in [0.15, 0.2) is 5.96 Å². The van der Waals surface area contributed by atoms with Gasteiger partial charge in [0, 0.05) is 39.1 Å². The maximum Gasteiger partial charge on any atom is 0.416 e. The zero-order valence-electron chi connectivity index (χ0n) is 17.2. The number of halogens is 3. The van der Waals surface area contributed by atoms with Crippen molar-refractivity contribution in [3.63, 3.8) is 0 Å². The molecule has 2 N–H and O–H groups in total. The molecule has 2 aromatic rings. The minimum absolute atomic E-state index is 0.0104. The number of guanidine groups is 1. The van der Waals surface area contributed by atoms with Crippen LogP contribution in [-0.4, -0.2) is 34.9 Å². The highest BCUT2D eigenvalue weighted by molar-refractivity contribution is 5.79. The topological polar surface area (TPSA) is 63.5 Å². The summed E-state index contributed by atoms with van der Waals surface area (Å²) in [5.41, 5.74) is -1.18. The maximum atomic E-state index is 13.5. The van der Waals surface area contributed by atoms with Gasteiger partial charge in [0.2, 0.25) is 0 Å². The van der Waals surface area contributed by atoms with E-state index >= 15 is 0 Å². The third-order valence-electron chi connectivity index (χ3n) is 3.90. The van der Waals surface area contributed by atoms with Gasteiger partial charge < -0.3 is 15.4 Å². The molecule has 1 aromatic carbocycles. The Morgan fingerprint density at radius 3 is 2.55 bits per heavy atom. The Kier molecular flexibility index (Phi) is 7.53. The average Bonchev–Trinajstić information content (AvgIpc) is 3.13. The number of rotatable bonds is 7. The summed E-state index contributed by atoms with van der Waals surface area (Å²) in [4.78, 5) is 4.06. The molecule has 0 radical (unpaired) electrons. The highest BCUT2D eigenvalue weighted by atomic mass is 19.4. The molecule has 1 aromatic heterocycles. The van der Waals surface area contributed by atoms with Crippen molar-refractivity contribution in [2.24, 2.45) is 4.99 Å². The molecule has 0 fully saturated rings. The second kappa shape index (κ2) is 9.67. The van der Waals surface area contributed by atoms with Gasteiger partial charge in [-0.25, -0.2) is 0 Å². The molecule has 160 valence electrons. The Morgan fingerprint density at radius 2 is 1.97 bits per heavy atom. The summed E-state index contributed by atoms with van der Waals surface area (Å²) in [6, 6.07) is 5.88. The minimum atomic E-state index is -4.48. The first-order chi connectivity index (χ1) is 13.6. The molecule has 0 aliphatic rings. The second-order valence-electron chi connectivity index (χ2n) is 7.51. The Morgan fingerprint density at radius 1 is 1.21 bits per heavy atom. The fraction of sp³-hybridized carbons (Fsp3) is 0.500. The van der Waals surface area contributed by atoms with Gasteiger partial charge in [-0.05, 0) is 51.0 Å². The highest BCUT2D eigenvalue weighted by Crippen LogP contribution is 2.35. The average molecular weight is 411 g/mol. The van der Waals surface area contributed by atoms with E-state index in [1.165, 1.54) is 6.07 Å². The molecule has 2 rings (SSSR count). The fourth-order valence-corrected chi connectivity index (χ4v) is 2.67. The molecule has 6 nitrogen and oxygen atoms in total. The summed E-state index contributed by atoms with van der Waals surface area (Å²) in [5, 5.41) is 10.1. The lowest BCUT2D eigenvalue weighted by Gasteiger charge is -2.23. The number of alkyl halides is 3. The van der Waals surface area contributed by atoms with E-state index in [9.17, 15) is 13.2 Å². The number of hydrogen-bond acceptors (Lipinski definition) is 3. The predicted octanol–water partition coefficient (Wildman–Crippen LogP) is 3.83. The van der Waals surface area contributed by atoms with Crippen molar-refractivity contribution in [2.45, 2.75) is 52.1 Å². The third-order valence-corrected chi connectivity index (χ3v) is 3.90. The first-order valence-corrected chi connectivity index (χ1v) is 9.39. The number of hydrogen-bond donors (Lipinski definition) is 2. The van der Waals surface area contributed by atoms with Crippen LogP contribution >= 0.6 is 0 Å². The van der Waals surface area contributed by atoms with Crippen LogP contribution in [0.4, 0.5) is 13.2 Å². The van der Waals surface area contributed by atoms with Crippen LogP contribution in [0.25, 0.3) is 0 Å². The van der Waals surface area contributed by atoms with Gasteiger partial charge in [0.05, 0.1) is 5.56 Å². The van der Waals surface area contributed by atoms with Crippen molar-refractivity contribution in [3.8, 4) is 5.75 Å². The monoisotopic (exact) mass is 411 g/mol. The fourth-order valence-electron chi connectivity index (χ4n) is 2.67. The molecule has 0 aliphatic heterocycles. The van der Waals surface area contributed by atoms with E-state index in [4.69, 9.17) is 4.74 Å². The summed E-state index contributed by atoms with van der Waals surface area (Å²) in [5.74, 6) is 0.628. The smallest absolute Gasteiger partial charge is 0.416 e. The van der Waals surface area contributed by atoms with E-state index in [-0.39, 0.29) is 17.9 Å². The summed E-state index contributed by atoms with van der Waals surface area (Å²) in [6.07, 6.45) is -0.0905. The van der Waals surface area contributed by atoms with Gasteiger partial charge in [-0.3, -0.25) is 9.67 Å². The highest BCUT2D eigenvalue weighted by Gasteiger charge is 2.34. The summed E-state index contributed by atoms with van der Waals surface area (Å²) < 4.78 is 47.9. The third kappa shape index (κ3) is 7.67. The summed E-state index contributed by atoms with van der Waals surface area (Å²) in [6.45, 7) is 6.71. The molecule has 0 unspecified atom stereocenters. The largest absolute Gasteiger partial charge is 0.488 e. The van der Waals surface area contributed by atoms with Crippen LogP contribution in [0.2, 0.25) is 0 Å². The summed E-state index contributed by atoms with van der Waals surface area (Å²) in [7, 11) is 1.58. The van der Waals surface area contributed by atoms with Gasteiger partial charge in [-0.2, -0.15) is 18.3 Å². The van der Waals surface area contributed by atoms with E-state index in [1.54, 1.807) is 40.1 Å².